The number of urea groups is 1. The van der Waals surface area contributed by atoms with Gasteiger partial charge in [-0.3, -0.25) is 4.79 Å². The van der Waals surface area contributed by atoms with Crippen molar-refractivity contribution in [3.05, 3.63) is 52.2 Å². The Kier molecular flexibility index (Phi) is 6.96. The molecule has 0 spiro atoms. The van der Waals surface area contributed by atoms with Crippen molar-refractivity contribution in [1.82, 2.24) is 10.2 Å². The molecule has 0 unspecified atom stereocenters. The van der Waals surface area contributed by atoms with Crippen molar-refractivity contribution < 1.29 is 9.59 Å². The van der Waals surface area contributed by atoms with E-state index in [1.54, 1.807) is 11.3 Å². The molecule has 26 heavy (non-hydrogen) atoms. The van der Waals surface area contributed by atoms with Gasteiger partial charge < -0.3 is 15.5 Å². The maximum Gasteiger partial charge on any atom is 0.319 e. The molecule has 1 aromatic carbocycles. The van der Waals surface area contributed by atoms with Gasteiger partial charge in [-0.2, -0.15) is 11.8 Å². The lowest BCUT2D eigenvalue weighted by atomic mass is 10.1. The summed E-state index contributed by atoms with van der Waals surface area (Å²) in [6.07, 6.45) is 1.25. The van der Waals surface area contributed by atoms with E-state index in [-0.39, 0.29) is 11.9 Å². The third-order valence-electron chi connectivity index (χ3n) is 4.17. The lowest BCUT2D eigenvalue weighted by Crippen LogP contribution is -2.38. The van der Waals surface area contributed by atoms with Crippen molar-refractivity contribution in [1.29, 1.82) is 0 Å². The first-order valence-corrected chi connectivity index (χ1v) is 10.8. The molecule has 3 rings (SSSR count). The van der Waals surface area contributed by atoms with Crippen molar-refractivity contribution in [2.24, 2.45) is 0 Å². The lowest BCUT2D eigenvalue weighted by molar-refractivity contribution is -0.130. The summed E-state index contributed by atoms with van der Waals surface area (Å²) in [4.78, 5) is 27.4. The van der Waals surface area contributed by atoms with Crippen LogP contribution in [0.15, 0.2) is 41.8 Å². The molecule has 5 nitrogen and oxygen atoms in total. The predicted octanol–water partition coefficient (Wildman–Crippen LogP) is 3.23. The van der Waals surface area contributed by atoms with E-state index in [9.17, 15) is 9.59 Å². The maximum atomic E-state index is 12.3. The first-order valence-electron chi connectivity index (χ1n) is 8.72. The smallest absolute Gasteiger partial charge is 0.319 e. The topological polar surface area (TPSA) is 61.4 Å². The van der Waals surface area contributed by atoms with E-state index >= 15 is 0 Å². The Morgan fingerprint density at radius 1 is 1.08 bits per heavy atom. The third kappa shape index (κ3) is 5.78. The lowest BCUT2D eigenvalue weighted by Gasteiger charge is -2.26. The standard InChI is InChI=1S/C19H23N3O2S2/c23-18(22-9-12-25-13-10-22)14-15-3-5-16(6-4-15)21-19(24)20-8-7-17-2-1-11-26-17/h1-6,11H,7-10,12-14H2,(H2,20,21,24). The fourth-order valence-corrected chi connectivity index (χ4v) is 4.35. The Bertz CT molecular complexity index is 711. The van der Waals surface area contributed by atoms with E-state index in [1.807, 2.05) is 52.4 Å². The van der Waals surface area contributed by atoms with Crippen LogP contribution in [0.5, 0.6) is 0 Å². The summed E-state index contributed by atoms with van der Waals surface area (Å²) in [5, 5.41) is 7.71. The summed E-state index contributed by atoms with van der Waals surface area (Å²) in [5.74, 6) is 2.23. The van der Waals surface area contributed by atoms with Gasteiger partial charge in [0.2, 0.25) is 5.91 Å². The highest BCUT2D eigenvalue weighted by molar-refractivity contribution is 7.99. The zero-order chi connectivity index (χ0) is 18.2. The molecule has 0 bridgehead atoms. The van der Waals surface area contributed by atoms with E-state index in [1.165, 1.54) is 4.88 Å². The average Bonchev–Trinajstić information content (AvgIpc) is 3.17. The van der Waals surface area contributed by atoms with Crippen LogP contribution in [0, 0.1) is 0 Å². The van der Waals surface area contributed by atoms with Crippen LogP contribution in [-0.2, 0) is 17.6 Å². The fraction of sp³-hybridized carbons (Fsp3) is 0.368. The minimum Gasteiger partial charge on any atom is -0.341 e. The molecule has 0 saturated carbocycles. The minimum atomic E-state index is -0.212. The molecule has 7 heteroatoms. The highest BCUT2D eigenvalue weighted by atomic mass is 32.2. The average molecular weight is 390 g/mol. The highest BCUT2D eigenvalue weighted by Gasteiger charge is 2.16. The van der Waals surface area contributed by atoms with Crippen LogP contribution < -0.4 is 10.6 Å². The molecule has 1 aliphatic heterocycles. The van der Waals surface area contributed by atoms with E-state index in [0.717, 1.165) is 42.3 Å². The van der Waals surface area contributed by atoms with Gasteiger partial charge >= 0.3 is 6.03 Å². The van der Waals surface area contributed by atoms with E-state index in [2.05, 4.69) is 16.7 Å². The van der Waals surface area contributed by atoms with Crippen molar-refractivity contribution in [3.63, 3.8) is 0 Å². The number of amides is 3. The second kappa shape index (κ2) is 9.64. The van der Waals surface area contributed by atoms with Gasteiger partial charge in [-0.05, 0) is 35.6 Å². The number of carbonyl (C=O) groups excluding carboxylic acids is 2. The predicted molar refractivity (Wildman–Crippen MR) is 109 cm³/mol. The van der Waals surface area contributed by atoms with Crippen LogP contribution in [0.4, 0.5) is 10.5 Å². The second-order valence-corrected chi connectivity index (χ2v) is 8.33. The highest BCUT2D eigenvalue weighted by Crippen LogP contribution is 2.14. The van der Waals surface area contributed by atoms with Crippen LogP contribution in [0.3, 0.4) is 0 Å². The molecule has 0 atom stereocenters. The van der Waals surface area contributed by atoms with Crippen LogP contribution in [0.25, 0.3) is 0 Å². The second-order valence-electron chi connectivity index (χ2n) is 6.08. The molecule has 3 amide bonds. The first-order chi connectivity index (χ1) is 12.7. The number of hydrogen-bond acceptors (Lipinski definition) is 4. The monoisotopic (exact) mass is 389 g/mol. The van der Waals surface area contributed by atoms with Crippen molar-refractivity contribution in [2.75, 3.05) is 36.5 Å². The Hall–Kier alpha value is -1.99. The maximum absolute atomic E-state index is 12.3. The third-order valence-corrected chi connectivity index (χ3v) is 6.05. The van der Waals surface area contributed by atoms with Crippen molar-refractivity contribution in [2.45, 2.75) is 12.8 Å². The molecular formula is C19H23N3O2S2. The summed E-state index contributed by atoms with van der Waals surface area (Å²) in [6, 6.07) is 11.3. The molecule has 1 aliphatic rings. The fourth-order valence-electron chi connectivity index (χ4n) is 2.73. The van der Waals surface area contributed by atoms with Gasteiger partial charge in [0.1, 0.15) is 0 Å². The number of anilines is 1. The van der Waals surface area contributed by atoms with Crippen LogP contribution in [0.2, 0.25) is 0 Å². The molecule has 2 N–H and O–H groups in total. The number of nitrogens with zero attached hydrogens (tertiary/aromatic N) is 1. The molecular weight excluding hydrogens is 366 g/mol. The SMILES string of the molecule is O=C(NCCc1cccs1)Nc1ccc(CC(=O)N2CCSCC2)cc1. The van der Waals surface area contributed by atoms with E-state index < -0.39 is 0 Å². The molecule has 0 radical (unpaired) electrons. The zero-order valence-electron chi connectivity index (χ0n) is 14.6. The number of thioether (sulfide) groups is 1. The van der Waals surface area contributed by atoms with Crippen molar-refractivity contribution >= 4 is 40.7 Å². The quantitative estimate of drug-likeness (QED) is 0.797. The Balaban J connectivity index is 1.41. The van der Waals surface area contributed by atoms with Gasteiger partial charge in [0.05, 0.1) is 6.42 Å². The molecule has 2 aromatic rings. The summed E-state index contributed by atoms with van der Waals surface area (Å²) in [7, 11) is 0. The number of thiophene rings is 1. The van der Waals surface area contributed by atoms with E-state index in [0.29, 0.717) is 13.0 Å². The molecule has 0 aliphatic carbocycles. The molecule has 1 fully saturated rings. The Morgan fingerprint density at radius 2 is 1.85 bits per heavy atom. The number of carbonyl (C=O) groups is 2. The number of rotatable bonds is 6. The molecule has 1 aromatic heterocycles. The minimum absolute atomic E-state index is 0.178. The van der Waals surface area contributed by atoms with Gasteiger partial charge in [0, 0.05) is 41.7 Å². The largest absolute Gasteiger partial charge is 0.341 e. The van der Waals surface area contributed by atoms with Crippen LogP contribution >= 0.6 is 23.1 Å². The van der Waals surface area contributed by atoms with Gasteiger partial charge in [-0.25, -0.2) is 4.79 Å². The summed E-state index contributed by atoms with van der Waals surface area (Å²) in [5.41, 5.74) is 1.70. The van der Waals surface area contributed by atoms with Crippen LogP contribution in [-0.4, -0.2) is 48.0 Å². The summed E-state index contributed by atoms with van der Waals surface area (Å²) >= 11 is 3.59. The zero-order valence-corrected chi connectivity index (χ0v) is 16.2. The summed E-state index contributed by atoms with van der Waals surface area (Å²) in [6.45, 7) is 2.29. The first kappa shape index (κ1) is 18.8. The van der Waals surface area contributed by atoms with Gasteiger partial charge in [0.15, 0.2) is 0 Å². The van der Waals surface area contributed by atoms with Gasteiger partial charge in [0.25, 0.3) is 0 Å². The normalized spacial score (nSPS) is 14.1. The number of hydrogen-bond donors (Lipinski definition) is 2. The molecule has 138 valence electrons. The molecule has 1 saturated heterocycles. The number of nitrogens with one attached hydrogen (secondary N) is 2. The Morgan fingerprint density at radius 3 is 2.54 bits per heavy atom. The van der Waals surface area contributed by atoms with Gasteiger partial charge in [-0.1, -0.05) is 18.2 Å². The van der Waals surface area contributed by atoms with Crippen LogP contribution in [0.1, 0.15) is 10.4 Å². The Labute approximate surface area is 162 Å². The molecule has 2 heterocycles. The summed E-state index contributed by atoms with van der Waals surface area (Å²) < 4.78 is 0. The number of benzene rings is 1. The van der Waals surface area contributed by atoms with Gasteiger partial charge in [-0.15, -0.1) is 11.3 Å². The van der Waals surface area contributed by atoms with E-state index in [4.69, 9.17) is 0 Å². The van der Waals surface area contributed by atoms with Crippen molar-refractivity contribution in [3.8, 4) is 0 Å².